The number of rotatable bonds is 7. The predicted molar refractivity (Wildman–Crippen MR) is 105 cm³/mol. The number of guanidine groups is 1. The summed E-state index contributed by atoms with van der Waals surface area (Å²) < 4.78 is 5.27. The number of benzene rings is 2. The molecule has 0 aliphatic carbocycles. The Kier molecular flexibility index (Phi) is 7.48. The molecule has 0 bridgehead atoms. The Hall–Kier alpha value is -2.33. The monoisotopic (exact) mass is 339 g/mol. The fourth-order valence-corrected chi connectivity index (χ4v) is 2.74. The molecule has 25 heavy (non-hydrogen) atoms. The van der Waals surface area contributed by atoms with Gasteiger partial charge in [0.05, 0.1) is 13.2 Å². The van der Waals surface area contributed by atoms with E-state index in [4.69, 9.17) is 9.73 Å². The second-order valence-electron chi connectivity index (χ2n) is 6.18. The second kappa shape index (κ2) is 9.84. The van der Waals surface area contributed by atoms with Crippen LogP contribution in [0.25, 0.3) is 0 Å². The third-order valence-electron chi connectivity index (χ3n) is 4.11. The van der Waals surface area contributed by atoms with Crippen LogP contribution in [0.3, 0.4) is 0 Å². The van der Waals surface area contributed by atoms with Crippen LogP contribution >= 0.6 is 0 Å². The summed E-state index contributed by atoms with van der Waals surface area (Å²) in [7, 11) is 1.72. The molecule has 0 saturated carbocycles. The van der Waals surface area contributed by atoms with E-state index >= 15 is 0 Å². The summed E-state index contributed by atoms with van der Waals surface area (Å²) >= 11 is 0. The van der Waals surface area contributed by atoms with E-state index in [-0.39, 0.29) is 0 Å². The van der Waals surface area contributed by atoms with Gasteiger partial charge in [-0.2, -0.15) is 0 Å². The Labute approximate surface area is 151 Å². The van der Waals surface area contributed by atoms with Crippen molar-refractivity contribution in [3.63, 3.8) is 0 Å². The van der Waals surface area contributed by atoms with E-state index in [1.807, 2.05) is 12.1 Å². The predicted octanol–water partition coefficient (Wildman–Crippen LogP) is 3.71. The fourth-order valence-electron chi connectivity index (χ4n) is 2.74. The molecule has 4 nitrogen and oxygen atoms in total. The van der Waals surface area contributed by atoms with Crippen LogP contribution in [0.2, 0.25) is 0 Å². The molecule has 0 aliphatic rings. The number of hydrogen-bond acceptors (Lipinski definition) is 2. The Balaban J connectivity index is 2.05. The van der Waals surface area contributed by atoms with E-state index in [0.717, 1.165) is 19.0 Å². The first-order valence-corrected chi connectivity index (χ1v) is 8.78. The van der Waals surface area contributed by atoms with Gasteiger partial charge in [-0.3, -0.25) is 0 Å². The Bertz CT molecular complexity index is 710. The highest BCUT2D eigenvalue weighted by atomic mass is 16.5. The molecule has 0 heterocycles. The highest BCUT2D eigenvalue weighted by Crippen LogP contribution is 2.12. The van der Waals surface area contributed by atoms with Crippen LogP contribution in [0.4, 0.5) is 0 Å². The van der Waals surface area contributed by atoms with E-state index in [9.17, 15) is 0 Å². The molecular formula is C21H29N3O. The minimum atomic E-state index is 0.609. The van der Waals surface area contributed by atoms with E-state index in [2.05, 4.69) is 61.7 Å². The number of nitrogens with zero attached hydrogens (tertiary/aromatic N) is 1. The number of aliphatic imine (C=N–C) groups is 1. The molecule has 2 rings (SSSR count). The van der Waals surface area contributed by atoms with Gasteiger partial charge in [-0.05, 0) is 43.0 Å². The second-order valence-corrected chi connectivity index (χ2v) is 6.18. The van der Waals surface area contributed by atoms with Crippen LogP contribution in [0.15, 0.2) is 47.5 Å². The quantitative estimate of drug-likeness (QED) is 0.597. The summed E-state index contributed by atoms with van der Waals surface area (Å²) in [5.74, 6) is 0.828. The van der Waals surface area contributed by atoms with Gasteiger partial charge in [0, 0.05) is 20.2 Å². The molecule has 0 saturated heterocycles. The number of methoxy groups -OCH3 is 1. The molecule has 0 amide bonds. The lowest BCUT2D eigenvalue weighted by atomic mass is 10.1. The van der Waals surface area contributed by atoms with Crippen LogP contribution in [-0.2, 0) is 24.4 Å². The van der Waals surface area contributed by atoms with Gasteiger partial charge in [0.2, 0.25) is 0 Å². The highest BCUT2D eigenvalue weighted by Gasteiger charge is 2.04. The van der Waals surface area contributed by atoms with E-state index in [1.165, 1.54) is 27.8 Å². The van der Waals surface area contributed by atoms with Crippen LogP contribution < -0.4 is 10.6 Å². The number of nitrogens with one attached hydrogen (secondary N) is 2. The Morgan fingerprint density at radius 3 is 2.44 bits per heavy atom. The molecule has 0 unspecified atom stereocenters. The minimum absolute atomic E-state index is 0.609. The average Bonchev–Trinajstić information content (AvgIpc) is 2.60. The zero-order chi connectivity index (χ0) is 18.1. The van der Waals surface area contributed by atoms with Gasteiger partial charge >= 0.3 is 0 Å². The van der Waals surface area contributed by atoms with Crippen molar-refractivity contribution < 1.29 is 4.74 Å². The van der Waals surface area contributed by atoms with E-state index in [0.29, 0.717) is 13.2 Å². The van der Waals surface area contributed by atoms with Crippen molar-refractivity contribution in [3.8, 4) is 0 Å². The molecule has 2 aromatic carbocycles. The van der Waals surface area contributed by atoms with Crippen molar-refractivity contribution in [2.24, 2.45) is 4.99 Å². The van der Waals surface area contributed by atoms with E-state index < -0.39 is 0 Å². The first-order valence-electron chi connectivity index (χ1n) is 8.78. The maximum absolute atomic E-state index is 5.27. The molecule has 0 radical (unpaired) electrons. The summed E-state index contributed by atoms with van der Waals surface area (Å²) in [4.78, 5) is 4.73. The summed E-state index contributed by atoms with van der Waals surface area (Å²) in [6.07, 6.45) is 0. The van der Waals surface area contributed by atoms with Crippen LogP contribution in [0, 0.1) is 13.8 Å². The maximum Gasteiger partial charge on any atom is 0.191 e. The first-order chi connectivity index (χ1) is 12.1. The third kappa shape index (κ3) is 5.91. The maximum atomic E-state index is 5.27. The van der Waals surface area contributed by atoms with Crippen molar-refractivity contribution in [1.82, 2.24) is 10.6 Å². The third-order valence-corrected chi connectivity index (χ3v) is 4.11. The van der Waals surface area contributed by atoms with Gasteiger partial charge in [-0.25, -0.2) is 4.99 Å². The van der Waals surface area contributed by atoms with Crippen molar-refractivity contribution in [2.45, 2.75) is 40.5 Å². The van der Waals surface area contributed by atoms with Gasteiger partial charge < -0.3 is 15.4 Å². The minimum Gasteiger partial charge on any atom is -0.380 e. The van der Waals surface area contributed by atoms with Gasteiger partial charge in [0.15, 0.2) is 5.96 Å². The standard InChI is InChI=1S/C21H29N3O/c1-5-22-21(23-13-18-11-10-16(2)12-17(18)3)24-14-19-8-6-7-9-20(19)15-25-4/h6-12H,5,13-15H2,1-4H3,(H2,22,23,24). The Morgan fingerprint density at radius 1 is 1.00 bits per heavy atom. The fraction of sp³-hybridized carbons (Fsp3) is 0.381. The average molecular weight is 339 g/mol. The molecular weight excluding hydrogens is 310 g/mol. The molecule has 134 valence electrons. The topological polar surface area (TPSA) is 45.7 Å². The number of ether oxygens (including phenoxy) is 1. The van der Waals surface area contributed by atoms with Gasteiger partial charge in [-0.1, -0.05) is 48.0 Å². The summed E-state index contributed by atoms with van der Waals surface area (Å²) in [5, 5.41) is 6.74. The van der Waals surface area contributed by atoms with Crippen molar-refractivity contribution >= 4 is 5.96 Å². The molecule has 0 fully saturated rings. The lowest BCUT2D eigenvalue weighted by Gasteiger charge is -2.14. The normalized spacial score (nSPS) is 11.4. The van der Waals surface area contributed by atoms with E-state index in [1.54, 1.807) is 7.11 Å². The van der Waals surface area contributed by atoms with Crippen LogP contribution in [0.5, 0.6) is 0 Å². The zero-order valence-electron chi connectivity index (χ0n) is 15.7. The lowest BCUT2D eigenvalue weighted by Crippen LogP contribution is -2.37. The van der Waals surface area contributed by atoms with Crippen molar-refractivity contribution in [2.75, 3.05) is 13.7 Å². The summed E-state index contributed by atoms with van der Waals surface area (Å²) in [6, 6.07) is 14.8. The molecule has 0 aliphatic heterocycles. The molecule has 0 aromatic heterocycles. The highest BCUT2D eigenvalue weighted by molar-refractivity contribution is 5.79. The van der Waals surface area contributed by atoms with Crippen LogP contribution in [-0.4, -0.2) is 19.6 Å². The largest absolute Gasteiger partial charge is 0.380 e. The molecule has 0 atom stereocenters. The van der Waals surface area contributed by atoms with Gasteiger partial charge in [0.1, 0.15) is 0 Å². The van der Waals surface area contributed by atoms with Crippen LogP contribution in [0.1, 0.15) is 34.7 Å². The lowest BCUT2D eigenvalue weighted by molar-refractivity contribution is 0.184. The molecule has 4 heteroatoms. The summed E-state index contributed by atoms with van der Waals surface area (Å²) in [5.41, 5.74) is 6.24. The molecule has 2 N–H and O–H groups in total. The van der Waals surface area contributed by atoms with Gasteiger partial charge in [0.25, 0.3) is 0 Å². The smallest absolute Gasteiger partial charge is 0.191 e. The Morgan fingerprint density at radius 2 is 1.76 bits per heavy atom. The number of aryl methyl sites for hydroxylation is 2. The number of hydrogen-bond donors (Lipinski definition) is 2. The zero-order valence-corrected chi connectivity index (χ0v) is 15.7. The molecule has 2 aromatic rings. The van der Waals surface area contributed by atoms with Crippen molar-refractivity contribution in [3.05, 3.63) is 70.3 Å². The van der Waals surface area contributed by atoms with Crippen molar-refractivity contribution in [1.29, 1.82) is 0 Å². The summed E-state index contributed by atoms with van der Waals surface area (Å²) in [6.45, 7) is 9.17. The molecule has 0 spiro atoms. The SMILES string of the molecule is CCNC(=NCc1ccccc1COC)NCc1ccc(C)cc1C. The van der Waals surface area contributed by atoms with Gasteiger partial charge in [-0.15, -0.1) is 0 Å². The first kappa shape index (κ1) is 19.0.